The largest absolute Gasteiger partial charge is 0.545 e. The minimum Gasteiger partial charge on any atom is -0.545 e. The fourth-order valence-corrected chi connectivity index (χ4v) is 6.75. The number of ether oxygens (including phenoxy) is 4. The summed E-state index contributed by atoms with van der Waals surface area (Å²) in [6.07, 6.45) is 70.7. The molecule has 0 aliphatic carbocycles. The van der Waals surface area contributed by atoms with Crippen LogP contribution in [0.2, 0.25) is 0 Å². The first-order valence-corrected chi connectivity index (χ1v) is 27.3. The van der Waals surface area contributed by atoms with Gasteiger partial charge in [0.05, 0.1) is 40.3 Å². The average Bonchev–Trinajstić information content (AvgIpc) is 3.34. The number of esters is 2. The van der Waals surface area contributed by atoms with Crippen molar-refractivity contribution >= 4 is 17.9 Å². The van der Waals surface area contributed by atoms with E-state index in [-0.39, 0.29) is 32.7 Å². The van der Waals surface area contributed by atoms with Gasteiger partial charge in [0, 0.05) is 12.8 Å². The SMILES string of the molecule is CC/C=C\C/C=C\C/C=C\C/C=C\C/C=C\C/C=C\CCCCCCCCCCCCC(=O)OC(COC(=O)CCC/C=C\C/C=C\C/C=C\C/C=C\C/C=C\CC)COC(OCC[N+](C)(C)C)C(=O)[O-]. The molecule has 0 bridgehead atoms. The average molecular weight is 986 g/mol. The fraction of sp³-hybridized carbons (Fsp3) is 0.597. The zero-order valence-corrected chi connectivity index (χ0v) is 45.3. The molecule has 2 atom stereocenters. The predicted octanol–water partition coefficient (Wildman–Crippen LogP) is 14.6. The molecular weight excluding hydrogens is 887 g/mol. The molecule has 0 heterocycles. The summed E-state index contributed by atoms with van der Waals surface area (Å²) in [7, 11) is 5.89. The van der Waals surface area contributed by atoms with E-state index in [4.69, 9.17) is 18.9 Å². The number of likely N-dealkylation sites (N-methyl/N-ethyl adjacent to an activating group) is 1. The van der Waals surface area contributed by atoms with E-state index in [2.05, 4.69) is 148 Å². The van der Waals surface area contributed by atoms with Crippen molar-refractivity contribution in [1.82, 2.24) is 0 Å². The molecule has 0 N–H and O–H groups in total. The van der Waals surface area contributed by atoms with Gasteiger partial charge in [0.25, 0.3) is 0 Å². The Hall–Kier alpha value is -4.57. The number of rotatable bonds is 48. The van der Waals surface area contributed by atoms with Gasteiger partial charge in [-0.2, -0.15) is 0 Å². The normalized spacial score (nSPS) is 13.9. The van der Waals surface area contributed by atoms with Gasteiger partial charge < -0.3 is 33.3 Å². The first-order valence-electron chi connectivity index (χ1n) is 27.3. The number of carbonyl (C=O) groups is 3. The van der Waals surface area contributed by atoms with Gasteiger partial charge in [-0.15, -0.1) is 0 Å². The Morgan fingerprint density at radius 2 is 0.775 bits per heavy atom. The molecular formula is C62H99NO8. The number of allylic oxidation sites excluding steroid dienone is 22. The lowest BCUT2D eigenvalue weighted by Crippen LogP contribution is -2.44. The van der Waals surface area contributed by atoms with Crippen molar-refractivity contribution in [3.05, 3.63) is 134 Å². The summed E-state index contributed by atoms with van der Waals surface area (Å²) >= 11 is 0. The highest BCUT2D eigenvalue weighted by molar-refractivity contribution is 5.70. The standard InChI is InChI=1S/C62H99NO8/c1-6-8-10-12-14-16-18-20-22-24-25-26-27-28-29-30-31-32-33-34-35-37-39-41-43-45-47-49-51-53-60(65)71-58(57-70-62(61(66)67)68-55-54-63(3,4)5)56-69-59(64)52-50-48-46-44-42-40-38-36-23-21-19-17-15-13-11-9-7-2/h8-11,14-17,20-23,25-26,28-29,31-32,38,40,44,46,58,62H,6-7,12-13,18-19,24,27,30,33-37,39,41-43,45,47-57H2,1-5H3/b10-8-,11-9-,16-14-,17-15-,22-20-,23-21-,26-25-,29-28-,32-31-,40-38-,46-44-. The lowest BCUT2D eigenvalue weighted by molar-refractivity contribution is -0.870. The number of carbonyl (C=O) groups excluding carboxylic acids is 3. The van der Waals surface area contributed by atoms with Crippen LogP contribution in [0.1, 0.15) is 181 Å². The Balaban J connectivity index is 4.36. The number of hydrogen-bond acceptors (Lipinski definition) is 8. The molecule has 0 fully saturated rings. The molecule has 0 saturated heterocycles. The van der Waals surface area contributed by atoms with E-state index in [1.54, 1.807) is 0 Å². The van der Waals surface area contributed by atoms with Gasteiger partial charge in [-0.05, 0) is 103 Å². The quantitative estimate of drug-likeness (QED) is 0.0195. The number of hydrogen-bond donors (Lipinski definition) is 0. The number of nitrogens with zero attached hydrogens (tertiary/aromatic N) is 1. The minimum atomic E-state index is -1.64. The van der Waals surface area contributed by atoms with Gasteiger partial charge in [0.2, 0.25) is 0 Å². The minimum absolute atomic E-state index is 0.130. The van der Waals surface area contributed by atoms with Gasteiger partial charge in [-0.3, -0.25) is 9.59 Å². The van der Waals surface area contributed by atoms with Crippen molar-refractivity contribution in [2.75, 3.05) is 47.5 Å². The van der Waals surface area contributed by atoms with Crippen molar-refractivity contribution in [2.45, 2.75) is 193 Å². The Morgan fingerprint density at radius 3 is 1.17 bits per heavy atom. The molecule has 71 heavy (non-hydrogen) atoms. The Labute approximate surface area is 433 Å². The topological polar surface area (TPSA) is 111 Å². The van der Waals surface area contributed by atoms with E-state index in [1.165, 1.54) is 38.5 Å². The third-order valence-electron chi connectivity index (χ3n) is 10.9. The molecule has 0 aromatic carbocycles. The van der Waals surface area contributed by atoms with Crippen molar-refractivity contribution in [2.24, 2.45) is 0 Å². The molecule has 0 spiro atoms. The molecule has 0 amide bonds. The van der Waals surface area contributed by atoms with Crippen molar-refractivity contribution in [3.63, 3.8) is 0 Å². The van der Waals surface area contributed by atoms with E-state index < -0.39 is 30.3 Å². The van der Waals surface area contributed by atoms with Gasteiger partial charge in [0.1, 0.15) is 13.2 Å². The molecule has 400 valence electrons. The highest BCUT2D eigenvalue weighted by Gasteiger charge is 2.21. The third-order valence-corrected chi connectivity index (χ3v) is 10.9. The lowest BCUT2D eigenvalue weighted by Gasteiger charge is -2.26. The van der Waals surface area contributed by atoms with Crippen LogP contribution in [0.3, 0.4) is 0 Å². The third kappa shape index (κ3) is 53.1. The second kappa shape index (κ2) is 51.8. The van der Waals surface area contributed by atoms with Crippen LogP contribution < -0.4 is 5.11 Å². The molecule has 2 unspecified atom stereocenters. The van der Waals surface area contributed by atoms with Crippen LogP contribution in [0.4, 0.5) is 0 Å². The van der Waals surface area contributed by atoms with Crippen LogP contribution in [0.15, 0.2) is 134 Å². The van der Waals surface area contributed by atoms with Crippen molar-refractivity contribution in [3.8, 4) is 0 Å². The molecule has 0 saturated carbocycles. The number of carboxylic acids is 1. The van der Waals surface area contributed by atoms with Crippen molar-refractivity contribution < 1.29 is 42.9 Å². The van der Waals surface area contributed by atoms with Crippen molar-refractivity contribution in [1.29, 1.82) is 0 Å². The summed E-state index contributed by atoms with van der Waals surface area (Å²) in [4.78, 5) is 37.2. The van der Waals surface area contributed by atoms with Gasteiger partial charge in [-0.25, -0.2) is 0 Å². The maximum absolute atomic E-state index is 12.8. The lowest BCUT2D eigenvalue weighted by atomic mass is 10.0. The molecule has 0 rings (SSSR count). The van der Waals surface area contributed by atoms with Crippen LogP contribution in [0, 0.1) is 0 Å². The molecule has 9 nitrogen and oxygen atoms in total. The van der Waals surface area contributed by atoms with Gasteiger partial charge in [0.15, 0.2) is 12.4 Å². The van der Waals surface area contributed by atoms with Crippen LogP contribution in [-0.2, 0) is 33.3 Å². The first kappa shape index (κ1) is 66.4. The van der Waals surface area contributed by atoms with Gasteiger partial charge >= 0.3 is 11.9 Å². The molecule has 0 aromatic heterocycles. The second-order valence-electron chi connectivity index (χ2n) is 18.8. The predicted molar refractivity (Wildman–Crippen MR) is 296 cm³/mol. The molecule has 0 radical (unpaired) electrons. The second-order valence-corrected chi connectivity index (χ2v) is 18.8. The fourth-order valence-electron chi connectivity index (χ4n) is 6.75. The monoisotopic (exact) mass is 986 g/mol. The number of unbranched alkanes of at least 4 members (excludes halogenated alkanes) is 11. The maximum atomic E-state index is 12.8. The molecule has 0 aromatic rings. The Bertz CT molecular complexity index is 1620. The molecule has 0 aliphatic rings. The highest BCUT2D eigenvalue weighted by Crippen LogP contribution is 2.14. The summed E-state index contributed by atoms with van der Waals surface area (Å²) < 4.78 is 22.6. The maximum Gasteiger partial charge on any atom is 0.306 e. The van der Waals surface area contributed by atoms with E-state index in [1.807, 2.05) is 21.1 Å². The zero-order valence-electron chi connectivity index (χ0n) is 45.3. The summed E-state index contributed by atoms with van der Waals surface area (Å²) in [5.41, 5.74) is 0. The molecule has 9 heteroatoms. The summed E-state index contributed by atoms with van der Waals surface area (Å²) in [6, 6.07) is 0. The van der Waals surface area contributed by atoms with Crippen LogP contribution in [0.25, 0.3) is 0 Å². The smallest absolute Gasteiger partial charge is 0.306 e. The molecule has 0 aliphatic heterocycles. The zero-order chi connectivity index (χ0) is 52.0. The van der Waals surface area contributed by atoms with Crippen LogP contribution in [0.5, 0.6) is 0 Å². The van der Waals surface area contributed by atoms with E-state index in [0.29, 0.717) is 23.9 Å². The van der Waals surface area contributed by atoms with Crippen LogP contribution >= 0.6 is 0 Å². The Morgan fingerprint density at radius 1 is 0.423 bits per heavy atom. The first-order chi connectivity index (χ1) is 34.6. The highest BCUT2D eigenvalue weighted by atomic mass is 16.7. The summed E-state index contributed by atoms with van der Waals surface area (Å²) in [5.74, 6) is -2.39. The number of carboxylic acid groups (broad SMARTS) is 1. The number of quaternary nitrogens is 1. The van der Waals surface area contributed by atoms with Gasteiger partial charge in [-0.1, -0.05) is 199 Å². The van der Waals surface area contributed by atoms with Crippen LogP contribution in [-0.4, -0.2) is 82.3 Å². The summed E-state index contributed by atoms with van der Waals surface area (Å²) in [5, 5.41) is 11.8. The van der Waals surface area contributed by atoms with E-state index in [9.17, 15) is 19.5 Å². The Kier molecular flexibility index (Phi) is 48.4. The van der Waals surface area contributed by atoms with E-state index >= 15 is 0 Å². The summed E-state index contributed by atoms with van der Waals surface area (Å²) in [6.45, 7) is 4.42. The van der Waals surface area contributed by atoms with E-state index in [0.717, 1.165) is 103 Å². The number of aliphatic carboxylic acids is 1.